The van der Waals surface area contributed by atoms with E-state index in [1.54, 1.807) is 12.1 Å². The number of alkyl halides is 6. The van der Waals surface area contributed by atoms with E-state index in [-0.39, 0.29) is 36.1 Å². The fraction of sp³-hybridized carbons (Fsp3) is 0.293. The maximum Gasteiger partial charge on any atom is -0.147 e. The minimum atomic E-state index is -4.67. The Labute approximate surface area is 412 Å². The van der Waals surface area contributed by atoms with Crippen molar-refractivity contribution in [3.8, 4) is 33.4 Å². The molecular formula is C58H58Cl2F6Zr. The Morgan fingerprint density at radius 1 is 0.597 bits per heavy atom. The van der Waals surface area contributed by atoms with Gasteiger partial charge in [-0.15, -0.1) is 24.8 Å². The molecule has 6 aromatic carbocycles. The molecular weight excluding hydrogens is 973 g/mol. The fourth-order valence-corrected chi connectivity index (χ4v) is 19.5. The molecule has 0 spiro atoms. The Morgan fingerprint density at radius 3 is 1.58 bits per heavy atom. The minimum Gasteiger partial charge on any atom is -0.147 e. The van der Waals surface area contributed by atoms with Gasteiger partial charge in [-0.1, -0.05) is 0 Å². The topological polar surface area (TPSA) is 0 Å². The zero-order valence-corrected chi connectivity index (χ0v) is 43.8. The number of hydrogen-bond acceptors (Lipinski definition) is 0. The van der Waals surface area contributed by atoms with Crippen molar-refractivity contribution in [1.82, 2.24) is 0 Å². The first-order valence-corrected chi connectivity index (χ1v) is 26.2. The molecule has 0 nitrogen and oxygen atoms in total. The minimum absolute atomic E-state index is 0. The van der Waals surface area contributed by atoms with E-state index in [9.17, 15) is 26.3 Å². The van der Waals surface area contributed by atoms with Crippen molar-refractivity contribution < 1.29 is 47.6 Å². The van der Waals surface area contributed by atoms with Crippen LogP contribution in [0.15, 0.2) is 124 Å². The van der Waals surface area contributed by atoms with E-state index in [1.165, 1.54) is 49.8 Å². The van der Waals surface area contributed by atoms with Gasteiger partial charge in [-0.2, -0.15) is 0 Å². The fourth-order valence-electron chi connectivity index (χ4n) is 10.6. The van der Waals surface area contributed by atoms with Gasteiger partial charge in [-0.25, -0.2) is 0 Å². The number of halogens is 8. The molecule has 0 amide bonds. The predicted molar refractivity (Wildman–Crippen MR) is 268 cm³/mol. The van der Waals surface area contributed by atoms with Gasteiger partial charge in [-0.3, -0.25) is 0 Å². The molecule has 0 aliphatic heterocycles. The van der Waals surface area contributed by atoms with Crippen LogP contribution in [0.1, 0.15) is 107 Å². The van der Waals surface area contributed by atoms with E-state index < -0.39 is 44.7 Å². The molecule has 0 fully saturated rings. The first kappa shape index (κ1) is 52.1. The van der Waals surface area contributed by atoms with Crippen LogP contribution in [0.5, 0.6) is 0 Å². The number of aryl methyl sites for hydroxylation is 6. The number of fused-ring (bicyclic) bond motifs is 3. The first-order chi connectivity index (χ1) is 30.5. The van der Waals surface area contributed by atoms with Gasteiger partial charge >= 0.3 is 391 Å². The number of benzene rings is 6. The molecule has 67 heavy (non-hydrogen) atoms. The van der Waals surface area contributed by atoms with E-state index in [4.69, 9.17) is 0 Å². The van der Waals surface area contributed by atoms with Crippen LogP contribution in [0.3, 0.4) is 0 Å². The molecule has 350 valence electrons. The smallest absolute Gasteiger partial charge is 0.147 e. The molecule has 0 heterocycles. The molecule has 2 aliphatic carbocycles. The van der Waals surface area contributed by atoms with Crippen LogP contribution >= 0.6 is 24.8 Å². The summed E-state index contributed by atoms with van der Waals surface area (Å²) in [4.78, 5) is 0. The first-order valence-electron chi connectivity index (χ1n) is 22.5. The second-order valence-corrected chi connectivity index (χ2v) is 25.1. The molecule has 0 aromatic heterocycles. The van der Waals surface area contributed by atoms with Crippen LogP contribution < -0.4 is 3.27 Å². The maximum atomic E-state index is 14.8. The van der Waals surface area contributed by atoms with Crippen molar-refractivity contribution in [1.29, 1.82) is 0 Å². The van der Waals surface area contributed by atoms with E-state index >= 15 is 0 Å². The monoisotopic (exact) mass is 1030 g/mol. The third-order valence-corrected chi connectivity index (χ3v) is 21.3. The number of rotatable bonds is 8. The van der Waals surface area contributed by atoms with Crippen LogP contribution in [-0.2, 0) is 40.0 Å². The quantitative estimate of drug-likeness (QED) is 0.133. The second kappa shape index (κ2) is 19.6. The van der Waals surface area contributed by atoms with E-state index in [0.717, 1.165) is 89.5 Å². The summed E-state index contributed by atoms with van der Waals surface area (Å²) in [5.74, 6) is -0.0398. The van der Waals surface area contributed by atoms with Crippen molar-refractivity contribution >= 4 is 31.3 Å². The summed E-state index contributed by atoms with van der Waals surface area (Å²) in [5, 5.41) is 0. The predicted octanol–water partition coefficient (Wildman–Crippen LogP) is 17.1. The summed E-state index contributed by atoms with van der Waals surface area (Å²) in [6.45, 7) is 21.4. The van der Waals surface area contributed by atoms with Crippen LogP contribution in [0, 0.1) is 52.9 Å². The van der Waals surface area contributed by atoms with Crippen molar-refractivity contribution in [2.24, 2.45) is 11.3 Å². The third kappa shape index (κ3) is 10.2. The number of allylic oxidation sites excluding steroid dienone is 4. The molecule has 0 saturated heterocycles. The molecule has 2 aliphatic rings. The molecule has 1 atom stereocenters. The van der Waals surface area contributed by atoms with Crippen molar-refractivity contribution in [3.63, 3.8) is 0 Å². The molecule has 8 rings (SSSR count). The van der Waals surface area contributed by atoms with Crippen LogP contribution in [0.4, 0.5) is 26.3 Å². The molecule has 0 saturated carbocycles. The SMILES string of the molecule is CCCC1C=C(C(C)(C)C)C=[C]1[Zr](=[C](c1cccc(C(F)(F)F)c1)c1cccc(C(F)(F)F)c1)[c]1c(-c2c(C)cc(C)cc2C)ccc2c1Cc1cc(-c3c(C)cc(C)cc3C)ccc1-2.Cl.Cl. The number of hydrogen-bond donors (Lipinski definition) is 0. The van der Waals surface area contributed by atoms with Gasteiger partial charge in [-0.05, 0) is 0 Å². The molecule has 0 radical (unpaired) electrons. The summed E-state index contributed by atoms with van der Waals surface area (Å²) >= 11 is -4.08. The van der Waals surface area contributed by atoms with E-state index in [1.807, 2.05) is 0 Å². The Balaban J connectivity index is 0.00000370. The zero-order valence-electron chi connectivity index (χ0n) is 39.8. The van der Waals surface area contributed by atoms with Crippen molar-refractivity contribution in [2.75, 3.05) is 0 Å². The van der Waals surface area contributed by atoms with Gasteiger partial charge in [0.15, 0.2) is 0 Å². The Hall–Kier alpha value is -4.29. The Kier molecular flexibility index (Phi) is 15.2. The van der Waals surface area contributed by atoms with Gasteiger partial charge in [0.2, 0.25) is 0 Å². The molecule has 9 heteroatoms. The standard InChI is InChI=1S/C31H29.C15H8F6.C12H19.2ClH.Zr/c1-18-11-20(3)30(21(4)12-18)24-7-9-28-26(15-24)17-27-16-25(8-10-29(27)28)31-22(5)13-19(2)14-23(31)6;16-14(17,18)12-5-1-3-10(8-12)7-11-4-2-6-13(9-11)15(19,20)21;1-5-6-10-7-8-11(9-10)12(2,3)4;;;/h7-15H,17H2,1-6H3;1-6,8-9H;8-10H,5-6H2,1-4H3;2*1H;. The van der Waals surface area contributed by atoms with Gasteiger partial charge in [0.25, 0.3) is 0 Å². The van der Waals surface area contributed by atoms with Crippen LogP contribution in [0.25, 0.3) is 33.4 Å². The summed E-state index contributed by atoms with van der Waals surface area (Å²) < 4.78 is 91.8. The summed E-state index contributed by atoms with van der Waals surface area (Å²) in [7, 11) is 0. The average Bonchev–Trinajstić information content (AvgIpc) is 3.80. The van der Waals surface area contributed by atoms with Gasteiger partial charge in [0.1, 0.15) is 0 Å². The van der Waals surface area contributed by atoms with E-state index in [2.05, 4.69) is 136 Å². The molecule has 0 N–H and O–H groups in total. The van der Waals surface area contributed by atoms with Crippen LogP contribution in [-0.4, -0.2) is 3.21 Å². The Bertz CT molecular complexity index is 2890. The zero-order chi connectivity index (χ0) is 46.9. The summed E-state index contributed by atoms with van der Waals surface area (Å²) in [6.07, 6.45) is -2.44. The van der Waals surface area contributed by atoms with E-state index in [0.29, 0.717) is 20.8 Å². The van der Waals surface area contributed by atoms with Crippen LogP contribution in [0.2, 0.25) is 0 Å². The largest absolute Gasteiger partial charge is 0.147 e. The summed E-state index contributed by atoms with van der Waals surface area (Å²) in [5.41, 5.74) is 15.6. The molecule has 6 aromatic rings. The van der Waals surface area contributed by atoms with Gasteiger partial charge in [0, 0.05) is 0 Å². The molecule has 0 bridgehead atoms. The normalized spacial score (nSPS) is 14.4. The average molecular weight is 1030 g/mol. The van der Waals surface area contributed by atoms with Gasteiger partial charge < -0.3 is 0 Å². The van der Waals surface area contributed by atoms with Crippen molar-refractivity contribution in [2.45, 2.75) is 101 Å². The summed E-state index contributed by atoms with van der Waals surface area (Å²) in [6, 6.07) is 30.5. The van der Waals surface area contributed by atoms with Gasteiger partial charge in [0.05, 0.1) is 0 Å². The maximum absolute atomic E-state index is 14.8. The van der Waals surface area contributed by atoms with Crippen molar-refractivity contribution in [3.05, 3.63) is 191 Å². The molecule has 1 unspecified atom stereocenters. The second-order valence-electron chi connectivity index (χ2n) is 19.4. The third-order valence-electron chi connectivity index (χ3n) is 13.3. The Morgan fingerprint density at radius 2 is 1.09 bits per heavy atom.